The molecule has 0 spiro atoms. The molecule has 0 aromatic heterocycles. The lowest BCUT2D eigenvalue weighted by Crippen LogP contribution is -2.22. The molecule has 2 atom stereocenters. The van der Waals surface area contributed by atoms with Crippen LogP contribution < -0.4 is 0 Å². The number of hydrogen-bond donors (Lipinski definition) is 0. The van der Waals surface area contributed by atoms with Gasteiger partial charge in [-0.15, -0.1) is 0 Å². The standard InChI is InChI=1S/C14H20BrO4P/c1-4-18-20(17,19-5-2)14(16)13(15)11(3)12-9-7-6-8-10-12/h6-11,13H,4-5H2,1-3H3. The molecule has 0 fully saturated rings. The van der Waals surface area contributed by atoms with Gasteiger partial charge in [-0.1, -0.05) is 53.2 Å². The van der Waals surface area contributed by atoms with Crippen molar-refractivity contribution in [2.45, 2.75) is 31.5 Å². The van der Waals surface area contributed by atoms with Gasteiger partial charge in [0.1, 0.15) is 0 Å². The zero-order valence-electron chi connectivity index (χ0n) is 11.9. The zero-order valence-corrected chi connectivity index (χ0v) is 14.4. The van der Waals surface area contributed by atoms with Crippen LogP contribution in [0.1, 0.15) is 32.3 Å². The largest absolute Gasteiger partial charge is 0.397 e. The van der Waals surface area contributed by atoms with Crippen molar-refractivity contribution in [3.63, 3.8) is 0 Å². The lowest BCUT2D eigenvalue weighted by molar-refractivity contribution is -0.113. The predicted molar refractivity (Wildman–Crippen MR) is 83.4 cm³/mol. The molecule has 0 bridgehead atoms. The first-order chi connectivity index (χ1) is 9.46. The van der Waals surface area contributed by atoms with Crippen molar-refractivity contribution in [3.05, 3.63) is 35.9 Å². The predicted octanol–water partition coefficient (Wildman–Crippen LogP) is 4.35. The molecule has 0 saturated carbocycles. The van der Waals surface area contributed by atoms with E-state index < -0.39 is 17.9 Å². The Morgan fingerprint density at radius 3 is 2.15 bits per heavy atom. The van der Waals surface area contributed by atoms with Crippen LogP contribution in [0.5, 0.6) is 0 Å². The molecule has 0 amide bonds. The zero-order chi connectivity index (χ0) is 15.2. The number of benzene rings is 1. The van der Waals surface area contributed by atoms with Crippen LogP contribution in [0.3, 0.4) is 0 Å². The maximum Gasteiger partial charge on any atom is 0.397 e. The van der Waals surface area contributed by atoms with E-state index >= 15 is 0 Å². The lowest BCUT2D eigenvalue weighted by Gasteiger charge is -2.22. The number of halogens is 1. The molecule has 6 heteroatoms. The van der Waals surface area contributed by atoms with E-state index in [4.69, 9.17) is 9.05 Å². The van der Waals surface area contributed by atoms with Crippen LogP contribution in [0.15, 0.2) is 30.3 Å². The number of rotatable bonds is 8. The van der Waals surface area contributed by atoms with Crippen LogP contribution in [-0.2, 0) is 18.4 Å². The van der Waals surface area contributed by atoms with Gasteiger partial charge in [0.25, 0.3) is 5.52 Å². The normalized spacial score (nSPS) is 14.8. The molecule has 0 N–H and O–H groups in total. The van der Waals surface area contributed by atoms with E-state index in [0.29, 0.717) is 0 Å². The highest BCUT2D eigenvalue weighted by Gasteiger charge is 2.40. The van der Waals surface area contributed by atoms with Gasteiger partial charge < -0.3 is 9.05 Å². The maximum absolute atomic E-state index is 12.5. The highest BCUT2D eigenvalue weighted by Crippen LogP contribution is 2.52. The number of carbonyl (C=O) groups is 1. The molecule has 0 aliphatic rings. The molecule has 1 aromatic carbocycles. The van der Waals surface area contributed by atoms with Gasteiger partial charge >= 0.3 is 7.60 Å². The molecular formula is C14H20BrO4P. The molecule has 0 saturated heterocycles. The molecule has 0 radical (unpaired) electrons. The SMILES string of the molecule is CCOP(=O)(OCC)C(=O)C(Br)C(C)c1ccccc1. The van der Waals surface area contributed by atoms with Crippen LogP contribution in [0.25, 0.3) is 0 Å². The van der Waals surface area contributed by atoms with Crippen molar-refractivity contribution in [1.82, 2.24) is 0 Å². The summed E-state index contributed by atoms with van der Waals surface area (Å²) in [5, 5.41) is 0. The molecule has 20 heavy (non-hydrogen) atoms. The topological polar surface area (TPSA) is 52.6 Å². The fourth-order valence-electron chi connectivity index (χ4n) is 1.79. The summed E-state index contributed by atoms with van der Waals surface area (Å²) < 4.78 is 22.7. The van der Waals surface area contributed by atoms with E-state index in [2.05, 4.69) is 15.9 Å². The maximum atomic E-state index is 12.5. The quantitative estimate of drug-likeness (QED) is 0.509. The van der Waals surface area contributed by atoms with Gasteiger partial charge in [-0.3, -0.25) is 9.36 Å². The summed E-state index contributed by atoms with van der Waals surface area (Å²) in [6.45, 7) is 5.60. The molecule has 0 heterocycles. The highest BCUT2D eigenvalue weighted by molar-refractivity contribution is 9.10. The average molecular weight is 363 g/mol. The second-order valence-corrected chi connectivity index (χ2v) is 7.21. The van der Waals surface area contributed by atoms with Crippen molar-refractivity contribution in [3.8, 4) is 0 Å². The van der Waals surface area contributed by atoms with Crippen LogP contribution in [0, 0.1) is 0 Å². The van der Waals surface area contributed by atoms with E-state index in [9.17, 15) is 9.36 Å². The van der Waals surface area contributed by atoms with Crippen molar-refractivity contribution in [2.24, 2.45) is 0 Å². The molecule has 1 rings (SSSR count). The first-order valence-corrected chi connectivity index (χ1v) is 9.04. The van der Waals surface area contributed by atoms with E-state index in [1.807, 2.05) is 37.3 Å². The van der Waals surface area contributed by atoms with Crippen LogP contribution >= 0.6 is 23.5 Å². The third kappa shape index (κ3) is 4.26. The van der Waals surface area contributed by atoms with Crippen LogP contribution in [0.4, 0.5) is 0 Å². The van der Waals surface area contributed by atoms with E-state index in [1.54, 1.807) is 13.8 Å². The van der Waals surface area contributed by atoms with Crippen LogP contribution in [0.2, 0.25) is 0 Å². The number of carbonyl (C=O) groups excluding carboxylic acids is 1. The fourth-order valence-corrected chi connectivity index (χ4v) is 4.39. The van der Waals surface area contributed by atoms with Crippen molar-refractivity contribution in [2.75, 3.05) is 13.2 Å². The minimum atomic E-state index is -3.73. The number of alkyl halides is 1. The minimum absolute atomic E-state index is 0.127. The third-order valence-electron chi connectivity index (χ3n) is 2.87. The van der Waals surface area contributed by atoms with Gasteiger partial charge in [-0.2, -0.15) is 0 Å². The second-order valence-electron chi connectivity index (χ2n) is 4.27. The molecule has 4 nitrogen and oxygen atoms in total. The number of hydrogen-bond acceptors (Lipinski definition) is 4. The Morgan fingerprint density at radius 2 is 1.70 bits per heavy atom. The first-order valence-electron chi connectivity index (χ1n) is 6.58. The van der Waals surface area contributed by atoms with Gasteiger partial charge in [0.15, 0.2) is 0 Å². The Morgan fingerprint density at radius 1 is 1.20 bits per heavy atom. The summed E-state index contributed by atoms with van der Waals surface area (Å²) in [5.41, 5.74) is 0.458. The summed E-state index contributed by atoms with van der Waals surface area (Å²) in [5.74, 6) is -0.127. The Bertz CT molecular complexity index is 467. The van der Waals surface area contributed by atoms with Gasteiger partial charge in [0, 0.05) is 5.92 Å². The third-order valence-corrected chi connectivity index (χ3v) is 6.45. The molecular weight excluding hydrogens is 343 g/mol. The highest BCUT2D eigenvalue weighted by atomic mass is 79.9. The van der Waals surface area contributed by atoms with E-state index in [0.717, 1.165) is 5.56 Å². The summed E-state index contributed by atoms with van der Waals surface area (Å²) in [4.78, 5) is 11.8. The molecule has 112 valence electrons. The summed E-state index contributed by atoms with van der Waals surface area (Å²) in [6, 6.07) is 9.57. The molecule has 1 aromatic rings. The van der Waals surface area contributed by atoms with Gasteiger partial charge in [-0.25, -0.2) is 0 Å². The van der Waals surface area contributed by atoms with Gasteiger partial charge in [-0.05, 0) is 19.4 Å². The van der Waals surface area contributed by atoms with Crippen molar-refractivity contribution < 1.29 is 18.4 Å². The van der Waals surface area contributed by atoms with Gasteiger partial charge in [0.2, 0.25) is 0 Å². The smallest absolute Gasteiger partial charge is 0.303 e. The van der Waals surface area contributed by atoms with Crippen molar-refractivity contribution >= 4 is 29.1 Å². The fraction of sp³-hybridized carbons (Fsp3) is 0.500. The molecule has 0 aliphatic heterocycles. The minimum Gasteiger partial charge on any atom is -0.303 e. The summed E-state index contributed by atoms with van der Waals surface area (Å²) in [7, 11) is -3.73. The second kappa shape index (κ2) is 8.08. The Kier molecular flexibility index (Phi) is 7.10. The molecule has 2 unspecified atom stereocenters. The Balaban J connectivity index is 2.92. The Hall–Kier alpha value is -0.480. The molecule has 0 aliphatic carbocycles. The Labute approximate surface area is 128 Å². The van der Waals surface area contributed by atoms with E-state index in [-0.39, 0.29) is 19.1 Å². The van der Waals surface area contributed by atoms with Crippen LogP contribution in [-0.4, -0.2) is 23.6 Å². The summed E-state index contributed by atoms with van der Waals surface area (Å²) in [6.07, 6.45) is 0. The van der Waals surface area contributed by atoms with E-state index in [1.165, 1.54) is 0 Å². The monoisotopic (exact) mass is 362 g/mol. The summed E-state index contributed by atoms with van der Waals surface area (Å²) >= 11 is 3.34. The first kappa shape index (κ1) is 17.6. The average Bonchev–Trinajstić information content (AvgIpc) is 2.46. The lowest BCUT2D eigenvalue weighted by atomic mass is 9.98. The van der Waals surface area contributed by atoms with Gasteiger partial charge in [0.05, 0.1) is 18.0 Å². The van der Waals surface area contributed by atoms with Crippen molar-refractivity contribution in [1.29, 1.82) is 0 Å².